The van der Waals surface area contributed by atoms with E-state index in [1.807, 2.05) is 30.3 Å². The maximum Gasteiger partial charge on any atom is 0.264 e. The summed E-state index contributed by atoms with van der Waals surface area (Å²) < 4.78 is 8.03. The lowest BCUT2D eigenvalue weighted by Gasteiger charge is -2.05. The fourth-order valence-corrected chi connectivity index (χ4v) is 4.11. The van der Waals surface area contributed by atoms with Gasteiger partial charge in [0.05, 0.1) is 4.88 Å². The molecular weight excluding hydrogens is 328 g/mol. The van der Waals surface area contributed by atoms with Gasteiger partial charge in [-0.3, -0.25) is 4.57 Å². The van der Waals surface area contributed by atoms with E-state index in [4.69, 9.17) is 4.42 Å². The molecule has 114 valence electrons. The minimum atomic E-state index is 0.494. The van der Waals surface area contributed by atoms with Crippen LogP contribution in [-0.2, 0) is 0 Å². The Hall–Kier alpha value is -2.12. The Kier molecular flexibility index (Phi) is 3.02. The second kappa shape index (κ2) is 5.21. The standard InChI is InChI=1S/C16H12N4OS2/c1-2-5-12-11(4-1)17-16(21-12)23-15-19-18-14(13-6-3-9-22-13)20(15)10-7-8-10/h1-6,9-10H,7-8H2. The second-order valence-corrected chi connectivity index (χ2v) is 7.30. The number of hydrogen-bond acceptors (Lipinski definition) is 6. The summed E-state index contributed by atoms with van der Waals surface area (Å²) >= 11 is 3.13. The average Bonchev–Trinajstić information content (AvgIpc) is 3.01. The highest BCUT2D eigenvalue weighted by molar-refractivity contribution is 7.99. The van der Waals surface area contributed by atoms with Gasteiger partial charge < -0.3 is 4.42 Å². The van der Waals surface area contributed by atoms with E-state index < -0.39 is 0 Å². The first-order valence-electron chi connectivity index (χ1n) is 7.41. The maximum atomic E-state index is 5.80. The van der Waals surface area contributed by atoms with E-state index in [9.17, 15) is 0 Å². The van der Waals surface area contributed by atoms with Gasteiger partial charge in [-0.1, -0.05) is 18.2 Å². The van der Waals surface area contributed by atoms with Crippen molar-refractivity contribution < 1.29 is 4.42 Å². The summed E-state index contributed by atoms with van der Waals surface area (Å²) in [6.45, 7) is 0. The van der Waals surface area contributed by atoms with Crippen LogP contribution in [0.5, 0.6) is 0 Å². The fourth-order valence-electron chi connectivity index (χ4n) is 2.56. The molecule has 0 spiro atoms. The van der Waals surface area contributed by atoms with E-state index in [0.29, 0.717) is 11.3 Å². The van der Waals surface area contributed by atoms with Crippen molar-refractivity contribution in [3.05, 3.63) is 41.8 Å². The van der Waals surface area contributed by atoms with Crippen LogP contribution in [0.2, 0.25) is 0 Å². The van der Waals surface area contributed by atoms with Crippen LogP contribution in [0.15, 0.2) is 56.6 Å². The van der Waals surface area contributed by atoms with Crippen molar-refractivity contribution in [3.63, 3.8) is 0 Å². The maximum absolute atomic E-state index is 5.80. The summed E-state index contributed by atoms with van der Waals surface area (Å²) in [5, 5.41) is 12.3. The fraction of sp³-hybridized carbons (Fsp3) is 0.188. The molecular formula is C16H12N4OS2. The Bertz CT molecular complexity index is 936. The smallest absolute Gasteiger partial charge is 0.264 e. The van der Waals surface area contributed by atoms with Gasteiger partial charge in [0.2, 0.25) is 5.16 Å². The highest BCUT2D eigenvalue weighted by atomic mass is 32.2. The van der Waals surface area contributed by atoms with Crippen LogP contribution >= 0.6 is 23.1 Å². The molecule has 0 bridgehead atoms. The van der Waals surface area contributed by atoms with Crippen LogP contribution in [0, 0.1) is 0 Å². The minimum Gasteiger partial charge on any atom is -0.431 e. The van der Waals surface area contributed by atoms with Crippen molar-refractivity contribution in [3.8, 4) is 10.7 Å². The van der Waals surface area contributed by atoms with E-state index in [1.165, 1.54) is 24.6 Å². The Morgan fingerprint density at radius 1 is 1.13 bits per heavy atom. The lowest BCUT2D eigenvalue weighted by Crippen LogP contribution is -1.98. The van der Waals surface area contributed by atoms with Crippen LogP contribution in [0.1, 0.15) is 18.9 Å². The summed E-state index contributed by atoms with van der Waals surface area (Å²) in [6, 6.07) is 12.4. The van der Waals surface area contributed by atoms with E-state index in [2.05, 4.69) is 31.2 Å². The van der Waals surface area contributed by atoms with Crippen LogP contribution in [0.25, 0.3) is 21.8 Å². The Balaban J connectivity index is 1.55. The van der Waals surface area contributed by atoms with Crippen LogP contribution in [-0.4, -0.2) is 19.7 Å². The lowest BCUT2D eigenvalue weighted by atomic mass is 10.3. The first-order chi connectivity index (χ1) is 11.4. The summed E-state index contributed by atoms with van der Waals surface area (Å²) in [7, 11) is 0. The summed E-state index contributed by atoms with van der Waals surface area (Å²) in [5.41, 5.74) is 1.66. The number of oxazole rings is 1. The summed E-state index contributed by atoms with van der Waals surface area (Å²) in [5.74, 6) is 0.945. The SMILES string of the molecule is c1csc(-c2nnc(Sc3nc4ccccc4o3)n2C2CC2)c1. The molecule has 3 aromatic heterocycles. The van der Waals surface area contributed by atoms with Gasteiger partial charge in [-0.05, 0) is 36.4 Å². The number of hydrogen-bond donors (Lipinski definition) is 0. The molecule has 0 aliphatic heterocycles. The molecule has 0 atom stereocenters. The number of rotatable bonds is 4. The van der Waals surface area contributed by atoms with Gasteiger partial charge in [0.15, 0.2) is 11.4 Å². The molecule has 1 aliphatic carbocycles. The molecule has 0 saturated heterocycles. The highest BCUT2D eigenvalue weighted by Gasteiger charge is 2.31. The van der Waals surface area contributed by atoms with Crippen LogP contribution in [0.3, 0.4) is 0 Å². The molecule has 1 aromatic carbocycles. The van der Waals surface area contributed by atoms with E-state index in [-0.39, 0.29) is 0 Å². The van der Waals surface area contributed by atoms with Crippen LogP contribution in [0.4, 0.5) is 0 Å². The second-order valence-electron chi connectivity index (χ2n) is 5.43. The molecule has 5 nitrogen and oxygen atoms in total. The number of fused-ring (bicyclic) bond motifs is 1. The van der Waals surface area contributed by atoms with Crippen molar-refractivity contribution >= 4 is 34.2 Å². The minimum absolute atomic E-state index is 0.494. The first kappa shape index (κ1) is 13.3. The van der Waals surface area contributed by atoms with Crippen molar-refractivity contribution in [2.45, 2.75) is 29.3 Å². The molecule has 7 heteroatoms. The van der Waals surface area contributed by atoms with Crippen molar-refractivity contribution in [1.82, 2.24) is 19.7 Å². The molecule has 1 aliphatic rings. The van der Waals surface area contributed by atoms with Crippen molar-refractivity contribution in [2.24, 2.45) is 0 Å². The van der Waals surface area contributed by atoms with Crippen molar-refractivity contribution in [2.75, 3.05) is 0 Å². The largest absolute Gasteiger partial charge is 0.431 e. The molecule has 0 N–H and O–H groups in total. The number of aromatic nitrogens is 4. The number of benzene rings is 1. The van der Waals surface area contributed by atoms with E-state index in [0.717, 1.165) is 27.0 Å². The van der Waals surface area contributed by atoms with E-state index in [1.54, 1.807) is 11.3 Å². The number of nitrogens with zero attached hydrogens (tertiary/aromatic N) is 4. The Morgan fingerprint density at radius 3 is 2.83 bits per heavy atom. The predicted octanol–water partition coefficient (Wildman–Crippen LogP) is 4.63. The third-order valence-corrected chi connectivity index (χ3v) is 5.45. The van der Waals surface area contributed by atoms with Gasteiger partial charge in [-0.25, -0.2) is 4.98 Å². The quantitative estimate of drug-likeness (QED) is 0.542. The summed E-state index contributed by atoms with van der Waals surface area (Å²) in [4.78, 5) is 5.67. The molecule has 0 unspecified atom stereocenters. The molecule has 0 amide bonds. The Labute approximate surface area is 140 Å². The molecule has 0 radical (unpaired) electrons. The molecule has 1 saturated carbocycles. The van der Waals surface area contributed by atoms with Crippen molar-refractivity contribution in [1.29, 1.82) is 0 Å². The lowest BCUT2D eigenvalue weighted by molar-refractivity contribution is 0.487. The molecule has 3 heterocycles. The van der Waals surface area contributed by atoms with Gasteiger partial charge in [0.1, 0.15) is 5.52 Å². The van der Waals surface area contributed by atoms with Gasteiger partial charge in [-0.15, -0.1) is 21.5 Å². The monoisotopic (exact) mass is 340 g/mol. The van der Waals surface area contributed by atoms with Gasteiger partial charge >= 0.3 is 0 Å². The normalized spacial score (nSPS) is 14.6. The zero-order valence-corrected chi connectivity index (χ0v) is 13.7. The zero-order valence-electron chi connectivity index (χ0n) is 12.0. The van der Waals surface area contributed by atoms with Gasteiger partial charge in [0, 0.05) is 17.8 Å². The highest BCUT2D eigenvalue weighted by Crippen LogP contribution is 2.43. The van der Waals surface area contributed by atoms with E-state index >= 15 is 0 Å². The van der Waals surface area contributed by atoms with Gasteiger partial charge in [-0.2, -0.15) is 0 Å². The molecule has 4 aromatic rings. The third kappa shape index (κ3) is 2.36. The zero-order chi connectivity index (χ0) is 15.2. The first-order valence-corrected chi connectivity index (χ1v) is 9.10. The average molecular weight is 340 g/mol. The topological polar surface area (TPSA) is 56.7 Å². The number of thiophene rings is 1. The third-order valence-electron chi connectivity index (χ3n) is 3.77. The summed E-state index contributed by atoms with van der Waals surface area (Å²) in [6.07, 6.45) is 2.36. The van der Waals surface area contributed by atoms with Crippen LogP contribution < -0.4 is 0 Å². The van der Waals surface area contributed by atoms with Gasteiger partial charge in [0.25, 0.3) is 5.22 Å². The number of para-hydroxylation sites is 2. The molecule has 1 fully saturated rings. The molecule has 5 rings (SSSR count). The predicted molar refractivity (Wildman–Crippen MR) is 89.7 cm³/mol. The Morgan fingerprint density at radius 2 is 2.04 bits per heavy atom. The molecule has 23 heavy (non-hydrogen) atoms.